The first kappa shape index (κ1) is 12.4. The minimum absolute atomic E-state index is 0.0366. The quantitative estimate of drug-likeness (QED) is 0.633. The van der Waals surface area contributed by atoms with Crippen LogP contribution in [0, 0.1) is 22.0 Å². The fraction of sp³-hybridized carbons (Fsp3) is 0.750. The first-order chi connectivity index (χ1) is 9.06. The van der Waals surface area contributed by atoms with Crippen molar-refractivity contribution in [2.45, 2.75) is 25.3 Å². The number of rotatable bonds is 2. The van der Waals surface area contributed by atoms with Crippen LogP contribution in [0.1, 0.15) is 19.3 Å². The highest BCUT2D eigenvalue weighted by Gasteiger charge is 2.40. The molecule has 104 valence electrons. The van der Waals surface area contributed by atoms with Crippen LogP contribution in [0.4, 0.5) is 11.6 Å². The standard InChI is InChI=1S/C12H19N5O2/c1-15-7-14-11(17(18)19)12(15)16-5-8-2-3-10(13)4-9(8)6-16/h7-10H,2-6,13H2,1H3/t8-,9+,10?/m1/s1. The Morgan fingerprint density at radius 2 is 2.16 bits per heavy atom. The van der Waals surface area contributed by atoms with E-state index in [1.165, 1.54) is 6.33 Å². The lowest BCUT2D eigenvalue weighted by atomic mass is 9.79. The zero-order valence-electron chi connectivity index (χ0n) is 11.0. The highest BCUT2D eigenvalue weighted by Crippen LogP contribution is 2.39. The number of nitrogens with zero attached hydrogens (tertiary/aromatic N) is 4. The fourth-order valence-corrected chi connectivity index (χ4v) is 3.55. The van der Waals surface area contributed by atoms with Crippen molar-refractivity contribution in [2.24, 2.45) is 24.6 Å². The van der Waals surface area contributed by atoms with Crippen LogP contribution in [-0.4, -0.2) is 33.6 Å². The summed E-state index contributed by atoms with van der Waals surface area (Å²) in [6.07, 6.45) is 4.75. The minimum atomic E-state index is -0.400. The van der Waals surface area contributed by atoms with Gasteiger partial charge < -0.3 is 20.7 Å². The van der Waals surface area contributed by atoms with E-state index < -0.39 is 4.92 Å². The van der Waals surface area contributed by atoms with E-state index in [9.17, 15) is 10.1 Å². The number of nitro groups is 1. The molecule has 2 fully saturated rings. The van der Waals surface area contributed by atoms with Gasteiger partial charge in [-0.15, -0.1) is 0 Å². The molecule has 1 aromatic heterocycles. The lowest BCUT2D eigenvalue weighted by molar-refractivity contribution is -0.388. The molecule has 2 aliphatic rings. The van der Waals surface area contributed by atoms with Crippen molar-refractivity contribution in [3.05, 3.63) is 16.4 Å². The van der Waals surface area contributed by atoms with Crippen molar-refractivity contribution in [3.63, 3.8) is 0 Å². The average Bonchev–Trinajstić information content (AvgIpc) is 2.91. The van der Waals surface area contributed by atoms with Gasteiger partial charge in [0.2, 0.25) is 12.1 Å². The topological polar surface area (TPSA) is 90.2 Å². The highest BCUT2D eigenvalue weighted by atomic mass is 16.6. The van der Waals surface area contributed by atoms with E-state index in [-0.39, 0.29) is 5.82 Å². The lowest BCUT2D eigenvalue weighted by Gasteiger charge is -2.27. The van der Waals surface area contributed by atoms with Gasteiger partial charge in [0.15, 0.2) is 0 Å². The van der Waals surface area contributed by atoms with Crippen LogP contribution in [0.25, 0.3) is 0 Å². The summed E-state index contributed by atoms with van der Waals surface area (Å²) in [7, 11) is 1.81. The Labute approximate surface area is 111 Å². The predicted octanol–water partition coefficient (Wildman–Crippen LogP) is 0.892. The molecule has 19 heavy (non-hydrogen) atoms. The van der Waals surface area contributed by atoms with Crippen molar-refractivity contribution >= 4 is 11.6 Å². The third-order valence-electron chi connectivity index (χ3n) is 4.45. The molecule has 1 aromatic rings. The maximum Gasteiger partial charge on any atom is 0.406 e. The van der Waals surface area contributed by atoms with E-state index in [0.29, 0.717) is 23.7 Å². The first-order valence-corrected chi connectivity index (χ1v) is 6.72. The van der Waals surface area contributed by atoms with Gasteiger partial charge in [-0.1, -0.05) is 0 Å². The van der Waals surface area contributed by atoms with Crippen LogP contribution in [0.15, 0.2) is 6.33 Å². The third-order valence-corrected chi connectivity index (χ3v) is 4.45. The molecule has 1 aliphatic carbocycles. The van der Waals surface area contributed by atoms with Gasteiger partial charge in [-0.3, -0.25) is 4.57 Å². The van der Waals surface area contributed by atoms with Gasteiger partial charge in [0, 0.05) is 26.2 Å². The number of hydrogen-bond acceptors (Lipinski definition) is 5. The third kappa shape index (κ3) is 2.07. The largest absolute Gasteiger partial charge is 0.406 e. The zero-order chi connectivity index (χ0) is 13.6. The van der Waals surface area contributed by atoms with Crippen LogP contribution >= 0.6 is 0 Å². The molecule has 3 rings (SSSR count). The molecule has 1 unspecified atom stereocenters. The molecule has 0 radical (unpaired) electrons. The summed E-state index contributed by atoms with van der Waals surface area (Å²) in [4.78, 5) is 16.6. The van der Waals surface area contributed by atoms with Gasteiger partial charge in [-0.2, -0.15) is 0 Å². The van der Waals surface area contributed by atoms with Crippen molar-refractivity contribution in [2.75, 3.05) is 18.0 Å². The zero-order valence-corrected chi connectivity index (χ0v) is 11.0. The van der Waals surface area contributed by atoms with Crippen molar-refractivity contribution < 1.29 is 4.92 Å². The molecule has 0 aromatic carbocycles. The number of fused-ring (bicyclic) bond motifs is 1. The number of aromatic nitrogens is 2. The normalized spacial score (nSPS) is 30.4. The average molecular weight is 265 g/mol. The van der Waals surface area contributed by atoms with E-state index >= 15 is 0 Å². The second-order valence-electron chi connectivity index (χ2n) is 5.76. The Morgan fingerprint density at radius 1 is 1.42 bits per heavy atom. The molecular formula is C12H19N5O2. The van der Waals surface area contributed by atoms with E-state index in [1.807, 2.05) is 7.05 Å². The maximum absolute atomic E-state index is 11.0. The molecule has 1 aliphatic heterocycles. The molecule has 1 saturated heterocycles. The van der Waals surface area contributed by atoms with Crippen LogP contribution in [0.3, 0.4) is 0 Å². The van der Waals surface area contributed by atoms with E-state index in [4.69, 9.17) is 5.73 Å². The van der Waals surface area contributed by atoms with Crippen LogP contribution < -0.4 is 10.6 Å². The van der Waals surface area contributed by atoms with E-state index in [2.05, 4.69) is 9.88 Å². The second-order valence-corrected chi connectivity index (χ2v) is 5.76. The van der Waals surface area contributed by atoms with E-state index in [1.54, 1.807) is 4.57 Å². The summed E-state index contributed by atoms with van der Waals surface area (Å²) in [5.74, 6) is 1.78. The van der Waals surface area contributed by atoms with Crippen molar-refractivity contribution in [1.82, 2.24) is 9.55 Å². The highest BCUT2D eigenvalue weighted by molar-refractivity contribution is 5.55. The predicted molar refractivity (Wildman–Crippen MR) is 70.9 cm³/mol. The molecular weight excluding hydrogens is 246 g/mol. The first-order valence-electron chi connectivity index (χ1n) is 6.72. The molecule has 3 atom stereocenters. The molecule has 0 bridgehead atoms. The molecule has 7 nitrogen and oxygen atoms in total. The molecule has 7 heteroatoms. The Kier molecular flexibility index (Phi) is 2.93. The summed E-state index contributed by atoms with van der Waals surface area (Å²) in [5, 5.41) is 11.0. The van der Waals surface area contributed by atoms with Gasteiger partial charge in [0.05, 0.1) is 0 Å². The van der Waals surface area contributed by atoms with Gasteiger partial charge >= 0.3 is 5.82 Å². The number of imidazole rings is 1. The SMILES string of the molecule is Cn1cnc([N+](=O)[O-])c1N1C[C@H]2CCC(N)C[C@H]2C1. The van der Waals surface area contributed by atoms with Gasteiger partial charge in [0.25, 0.3) is 0 Å². The molecule has 2 heterocycles. The maximum atomic E-state index is 11.0. The van der Waals surface area contributed by atoms with Gasteiger partial charge in [-0.05, 0) is 41.0 Å². The summed E-state index contributed by atoms with van der Waals surface area (Å²) in [6.45, 7) is 1.75. The van der Waals surface area contributed by atoms with Crippen molar-refractivity contribution in [3.8, 4) is 0 Å². The Morgan fingerprint density at radius 3 is 2.89 bits per heavy atom. The molecule has 0 spiro atoms. The fourth-order valence-electron chi connectivity index (χ4n) is 3.55. The van der Waals surface area contributed by atoms with E-state index in [0.717, 1.165) is 32.4 Å². The van der Waals surface area contributed by atoms with Gasteiger partial charge in [-0.25, -0.2) is 0 Å². The van der Waals surface area contributed by atoms with Crippen LogP contribution in [0.2, 0.25) is 0 Å². The number of anilines is 1. The summed E-state index contributed by atoms with van der Waals surface area (Å²) < 4.78 is 1.75. The number of nitrogens with two attached hydrogens (primary N) is 1. The molecule has 1 saturated carbocycles. The van der Waals surface area contributed by atoms with Crippen LogP contribution in [-0.2, 0) is 7.05 Å². The van der Waals surface area contributed by atoms with Crippen molar-refractivity contribution in [1.29, 1.82) is 0 Å². The van der Waals surface area contributed by atoms with Crippen LogP contribution in [0.5, 0.6) is 0 Å². The Hall–Kier alpha value is -1.63. The minimum Gasteiger partial charge on any atom is -0.358 e. The summed E-state index contributed by atoms with van der Waals surface area (Å²) in [5.41, 5.74) is 6.02. The molecule has 0 amide bonds. The Balaban J connectivity index is 1.85. The number of hydrogen-bond donors (Lipinski definition) is 1. The van der Waals surface area contributed by atoms with Gasteiger partial charge in [0.1, 0.15) is 0 Å². The lowest BCUT2D eigenvalue weighted by Crippen LogP contribution is -2.32. The Bertz CT molecular complexity index is 500. The monoisotopic (exact) mass is 265 g/mol. The summed E-state index contributed by atoms with van der Waals surface area (Å²) >= 11 is 0. The number of aryl methyl sites for hydroxylation is 1. The summed E-state index contributed by atoms with van der Waals surface area (Å²) in [6, 6.07) is 0.294. The molecule has 2 N–H and O–H groups in total. The smallest absolute Gasteiger partial charge is 0.358 e. The second kappa shape index (κ2) is 4.48.